The number of anilines is 1. The van der Waals surface area contributed by atoms with E-state index in [0.29, 0.717) is 23.5 Å². The van der Waals surface area contributed by atoms with Crippen LogP contribution in [-0.4, -0.2) is 25.9 Å². The molecule has 4 aromatic rings. The molecule has 1 amide bonds. The average Bonchev–Trinajstić information content (AvgIpc) is 3.06. The Bertz CT molecular complexity index is 1190. The van der Waals surface area contributed by atoms with Crippen LogP contribution >= 0.6 is 11.8 Å². The zero-order valence-corrected chi connectivity index (χ0v) is 15.9. The number of nitro groups is 1. The van der Waals surface area contributed by atoms with Crippen LogP contribution in [0.5, 0.6) is 0 Å². The van der Waals surface area contributed by atoms with Crippen molar-refractivity contribution in [1.29, 1.82) is 0 Å². The fourth-order valence-corrected chi connectivity index (χ4v) is 4.12. The Balaban J connectivity index is 1.80. The molecule has 0 bridgehead atoms. The molecule has 0 aliphatic carbocycles. The van der Waals surface area contributed by atoms with Gasteiger partial charge >= 0.3 is 0 Å². The van der Waals surface area contributed by atoms with Crippen LogP contribution in [0.4, 0.5) is 11.4 Å². The van der Waals surface area contributed by atoms with Crippen molar-refractivity contribution in [2.45, 2.75) is 16.3 Å². The smallest absolute Gasteiger partial charge is 0.283 e. The number of para-hydroxylation sites is 1. The molecule has 29 heavy (non-hydrogen) atoms. The second kappa shape index (κ2) is 8.11. The maximum absolute atomic E-state index is 11.4. The van der Waals surface area contributed by atoms with E-state index in [1.807, 2.05) is 22.9 Å². The highest BCUT2D eigenvalue weighted by Gasteiger charge is 2.17. The average molecular weight is 405 g/mol. The monoisotopic (exact) mass is 405 g/mol. The van der Waals surface area contributed by atoms with Crippen molar-refractivity contribution < 1.29 is 9.72 Å². The highest BCUT2D eigenvalue weighted by Crippen LogP contribution is 2.39. The predicted octanol–water partition coefficient (Wildman–Crippen LogP) is 4.11. The summed E-state index contributed by atoms with van der Waals surface area (Å²) in [6.45, 7) is 0.478. The van der Waals surface area contributed by atoms with E-state index in [2.05, 4.69) is 15.3 Å². The van der Waals surface area contributed by atoms with E-state index in [-0.39, 0.29) is 10.6 Å². The summed E-state index contributed by atoms with van der Waals surface area (Å²) in [7, 11) is 0. The Kier molecular flexibility index (Phi) is 5.21. The van der Waals surface area contributed by atoms with E-state index in [1.165, 1.54) is 17.8 Å². The molecule has 0 aliphatic heterocycles. The number of rotatable bonds is 7. The molecule has 0 fully saturated rings. The number of nitrogens with zero attached hydrogens (tertiary/aromatic N) is 4. The lowest BCUT2D eigenvalue weighted by atomic mass is 10.2. The Morgan fingerprint density at radius 3 is 2.79 bits per heavy atom. The Labute approximate surface area is 169 Å². The van der Waals surface area contributed by atoms with Crippen molar-refractivity contribution >= 4 is 40.4 Å². The van der Waals surface area contributed by atoms with Gasteiger partial charge in [-0.2, -0.15) is 0 Å². The number of hydrogen-bond donors (Lipinski definition) is 1. The number of nitrogens with one attached hydrogen (secondary N) is 1. The summed E-state index contributed by atoms with van der Waals surface area (Å²) in [5, 5.41) is 14.9. The maximum atomic E-state index is 11.4. The molecule has 0 saturated heterocycles. The number of fused-ring (bicyclic) bond motifs is 1. The van der Waals surface area contributed by atoms with Crippen LogP contribution < -0.4 is 5.32 Å². The van der Waals surface area contributed by atoms with E-state index < -0.39 is 0 Å². The van der Waals surface area contributed by atoms with Gasteiger partial charge in [0.1, 0.15) is 0 Å². The van der Waals surface area contributed by atoms with Gasteiger partial charge in [0.2, 0.25) is 6.41 Å². The molecule has 4 rings (SSSR count). The summed E-state index contributed by atoms with van der Waals surface area (Å²) in [6, 6.07) is 12.2. The topological polar surface area (TPSA) is 103 Å². The van der Waals surface area contributed by atoms with E-state index >= 15 is 0 Å². The first-order valence-electron chi connectivity index (χ1n) is 8.65. The lowest BCUT2D eigenvalue weighted by Gasteiger charge is -2.05. The van der Waals surface area contributed by atoms with Gasteiger partial charge in [-0.15, -0.1) is 0 Å². The minimum Gasteiger partial charge on any atom is -0.340 e. The van der Waals surface area contributed by atoms with Crippen molar-refractivity contribution in [3.8, 4) is 0 Å². The maximum Gasteiger partial charge on any atom is 0.283 e. The zero-order valence-electron chi connectivity index (χ0n) is 15.1. The van der Waals surface area contributed by atoms with Crippen LogP contribution in [-0.2, 0) is 11.3 Å². The molecule has 1 N–H and O–H groups in total. The summed E-state index contributed by atoms with van der Waals surface area (Å²) in [5.74, 6) is 0. The van der Waals surface area contributed by atoms with Gasteiger partial charge < -0.3 is 9.88 Å². The third kappa shape index (κ3) is 3.94. The van der Waals surface area contributed by atoms with Crippen LogP contribution in [0, 0.1) is 10.1 Å². The van der Waals surface area contributed by atoms with Gasteiger partial charge in [0, 0.05) is 40.6 Å². The second-order valence-corrected chi connectivity index (χ2v) is 7.22. The summed E-state index contributed by atoms with van der Waals surface area (Å²) >= 11 is 1.33. The standard InChI is InChI=1S/C20H15N5O3S/c26-13-23-14-5-6-16-18(9-14)24(11-15-10-21-7-8-22-15)12-20(16)29-19-4-2-1-3-17(19)25(27)28/h1-10,12-13H,11H2,(H,23,26). The summed E-state index contributed by atoms with van der Waals surface area (Å²) in [6.07, 6.45) is 7.49. The number of carbonyl (C=O) groups is 1. The van der Waals surface area contributed by atoms with Crippen LogP contribution in [0.2, 0.25) is 0 Å². The normalized spacial score (nSPS) is 10.8. The predicted molar refractivity (Wildman–Crippen MR) is 110 cm³/mol. The molecule has 0 saturated carbocycles. The van der Waals surface area contributed by atoms with Crippen molar-refractivity contribution in [3.63, 3.8) is 0 Å². The van der Waals surface area contributed by atoms with Gasteiger partial charge in [0.15, 0.2) is 0 Å². The van der Waals surface area contributed by atoms with Gasteiger partial charge in [-0.25, -0.2) is 0 Å². The number of hydrogen-bond acceptors (Lipinski definition) is 6. The van der Waals surface area contributed by atoms with Crippen molar-refractivity contribution in [1.82, 2.24) is 14.5 Å². The van der Waals surface area contributed by atoms with Gasteiger partial charge in [-0.3, -0.25) is 24.9 Å². The summed E-state index contributed by atoms with van der Waals surface area (Å²) in [5.41, 5.74) is 2.38. The van der Waals surface area contributed by atoms with Gasteiger partial charge in [-0.05, 0) is 24.3 Å². The molecular weight excluding hydrogens is 390 g/mol. The SMILES string of the molecule is O=CNc1ccc2c(Sc3ccccc3[N+](=O)[O-])cn(Cc3cnccn3)c2c1. The number of nitro benzene ring substituents is 1. The van der Waals surface area contributed by atoms with Crippen molar-refractivity contribution in [3.05, 3.63) is 83.1 Å². The fraction of sp³-hybridized carbons (Fsp3) is 0.0500. The highest BCUT2D eigenvalue weighted by atomic mass is 32.2. The van der Waals surface area contributed by atoms with Gasteiger partial charge in [-0.1, -0.05) is 23.9 Å². The molecule has 8 nitrogen and oxygen atoms in total. The van der Waals surface area contributed by atoms with E-state index in [0.717, 1.165) is 21.5 Å². The molecule has 2 aromatic carbocycles. The zero-order chi connectivity index (χ0) is 20.2. The highest BCUT2D eigenvalue weighted by molar-refractivity contribution is 7.99. The Morgan fingerprint density at radius 2 is 2.03 bits per heavy atom. The Morgan fingerprint density at radius 1 is 1.17 bits per heavy atom. The lowest BCUT2D eigenvalue weighted by molar-refractivity contribution is -0.387. The third-order valence-corrected chi connectivity index (χ3v) is 5.41. The first kappa shape index (κ1) is 18.6. The molecule has 0 aliphatic rings. The molecule has 0 unspecified atom stereocenters. The van der Waals surface area contributed by atoms with Crippen molar-refractivity contribution in [2.24, 2.45) is 0 Å². The van der Waals surface area contributed by atoms with Crippen LogP contribution in [0.1, 0.15) is 5.69 Å². The number of aromatic nitrogens is 3. The molecule has 9 heteroatoms. The molecule has 2 aromatic heterocycles. The summed E-state index contributed by atoms with van der Waals surface area (Å²) in [4.78, 5) is 31.7. The summed E-state index contributed by atoms with van der Waals surface area (Å²) < 4.78 is 1.99. The largest absolute Gasteiger partial charge is 0.340 e. The lowest BCUT2D eigenvalue weighted by Crippen LogP contribution is -2.01. The van der Waals surface area contributed by atoms with Crippen molar-refractivity contribution in [2.75, 3.05) is 5.32 Å². The van der Waals surface area contributed by atoms with E-state index in [9.17, 15) is 14.9 Å². The second-order valence-electron chi connectivity index (χ2n) is 6.14. The minimum atomic E-state index is -0.382. The molecule has 0 spiro atoms. The van der Waals surface area contributed by atoms with Gasteiger partial charge in [0.25, 0.3) is 5.69 Å². The van der Waals surface area contributed by atoms with E-state index in [1.54, 1.807) is 42.9 Å². The fourth-order valence-electron chi connectivity index (χ4n) is 3.03. The minimum absolute atomic E-state index is 0.0616. The van der Waals surface area contributed by atoms with E-state index in [4.69, 9.17) is 0 Å². The number of carbonyl (C=O) groups excluding carboxylic acids is 1. The molecule has 144 valence electrons. The number of benzene rings is 2. The molecule has 0 atom stereocenters. The molecular formula is C20H15N5O3S. The quantitative estimate of drug-likeness (QED) is 0.282. The van der Waals surface area contributed by atoms with Crippen LogP contribution in [0.15, 0.2) is 77.0 Å². The Hall–Kier alpha value is -3.72. The number of amides is 1. The first-order valence-corrected chi connectivity index (χ1v) is 9.46. The molecule has 2 heterocycles. The van der Waals surface area contributed by atoms with Crippen LogP contribution in [0.25, 0.3) is 10.9 Å². The van der Waals surface area contributed by atoms with Gasteiger partial charge in [0.05, 0.1) is 33.8 Å². The van der Waals surface area contributed by atoms with Crippen LogP contribution in [0.3, 0.4) is 0 Å². The molecule has 0 radical (unpaired) electrons. The first-order chi connectivity index (χ1) is 14.2. The third-order valence-electron chi connectivity index (χ3n) is 4.30.